The van der Waals surface area contributed by atoms with Crippen molar-refractivity contribution in [3.63, 3.8) is 0 Å². The molecule has 2 heterocycles. The van der Waals surface area contributed by atoms with Crippen LogP contribution < -0.4 is 5.32 Å². The highest BCUT2D eigenvalue weighted by molar-refractivity contribution is 7.11. The second-order valence-corrected chi connectivity index (χ2v) is 5.34. The van der Waals surface area contributed by atoms with Crippen molar-refractivity contribution in [2.24, 2.45) is 0 Å². The molecule has 0 fully saturated rings. The van der Waals surface area contributed by atoms with Gasteiger partial charge in [0.2, 0.25) is 0 Å². The summed E-state index contributed by atoms with van der Waals surface area (Å²) in [6.07, 6.45) is 5.96. The third kappa shape index (κ3) is 4.25. The van der Waals surface area contributed by atoms with Crippen molar-refractivity contribution in [1.29, 1.82) is 0 Å². The van der Waals surface area contributed by atoms with Crippen molar-refractivity contribution in [3.05, 3.63) is 57.6 Å². The maximum absolute atomic E-state index is 12.0. The molecular formula is C15H14N2O3S. The third-order valence-corrected chi connectivity index (χ3v) is 3.75. The number of nitrogens with one attached hydrogen (secondary N) is 1. The molecule has 1 amide bonds. The fraction of sp³-hybridized carbons (Fsp3) is 0.133. The van der Waals surface area contributed by atoms with Crippen LogP contribution in [0.4, 0.5) is 0 Å². The lowest BCUT2D eigenvalue weighted by atomic mass is 10.1. The molecule has 2 aromatic heterocycles. The van der Waals surface area contributed by atoms with Crippen LogP contribution in [0.5, 0.6) is 0 Å². The van der Waals surface area contributed by atoms with Crippen LogP contribution in [0.2, 0.25) is 0 Å². The van der Waals surface area contributed by atoms with Gasteiger partial charge in [0, 0.05) is 35.3 Å². The van der Waals surface area contributed by atoms with Gasteiger partial charge in [0.1, 0.15) is 0 Å². The molecule has 0 saturated heterocycles. The van der Waals surface area contributed by atoms with Crippen LogP contribution in [0.1, 0.15) is 26.4 Å². The molecule has 0 aliphatic rings. The number of nitrogens with zero attached hydrogens (tertiary/aromatic N) is 1. The predicted molar refractivity (Wildman–Crippen MR) is 81.1 cm³/mol. The van der Waals surface area contributed by atoms with Crippen molar-refractivity contribution in [2.75, 3.05) is 0 Å². The molecule has 2 aromatic rings. The maximum Gasteiger partial charge on any atom is 0.328 e. The van der Waals surface area contributed by atoms with E-state index in [9.17, 15) is 9.59 Å². The van der Waals surface area contributed by atoms with E-state index in [1.165, 1.54) is 17.4 Å². The number of carboxylic acids is 1. The summed E-state index contributed by atoms with van der Waals surface area (Å²) >= 11 is 1.32. The number of hydrogen-bond acceptors (Lipinski definition) is 4. The van der Waals surface area contributed by atoms with Crippen LogP contribution in [-0.4, -0.2) is 22.0 Å². The highest BCUT2D eigenvalue weighted by atomic mass is 32.1. The monoisotopic (exact) mass is 302 g/mol. The Morgan fingerprint density at radius 3 is 3.00 bits per heavy atom. The Kier molecular flexibility index (Phi) is 4.84. The molecule has 21 heavy (non-hydrogen) atoms. The normalized spacial score (nSPS) is 10.7. The number of pyridine rings is 1. The van der Waals surface area contributed by atoms with Gasteiger partial charge in [-0.05, 0) is 36.3 Å². The molecule has 0 aliphatic carbocycles. The number of carbonyl (C=O) groups excluding carboxylic acids is 1. The van der Waals surface area contributed by atoms with E-state index in [2.05, 4.69) is 10.3 Å². The maximum atomic E-state index is 12.0. The van der Waals surface area contributed by atoms with Crippen LogP contribution >= 0.6 is 11.3 Å². The molecule has 6 heteroatoms. The van der Waals surface area contributed by atoms with Gasteiger partial charge in [-0.2, -0.15) is 0 Å². The highest BCUT2D eigenvalue weighted by Crippen LogP contribution is 2.16. The van der Waals surface area contributed by atoms with E-state index < -0.39 is 5.97 Å². The summed E-state index contributed by atoms with van der Waals surface area (Å²) in [6, 6.07) is 3.53. The lowest BCUT2D eigenvalue weighted by Crippen LogP contribution is -2.22. The molecule has 0 radical (unpaired) electrons. The Bertz CT molecular complexity index is 692. The van der Waals surface area contributed by atoms with Gasteiger partial charge in [0.15, 0.2) is 0 Å². The highest BCUT2D eigenvalue weighted by Gasteiger charge is 2.08. The number of aromatic nitrogens is 1. The molecule has 0 atom stereocenters. The number of amides is 1. The SMILES string of the molecule is Cc1cnccc1CNC(=O)c1csc(/C=C/C(=O)O)c1. The molecule has 0 aromatic carbocycles. The van der Waals surface area contributed by atoms with Crippen LogP contribution in [0.15, 0.2) is 36.0 Å². The average Bonchev–Trinajstić information content (AvgIpc) is 2.93. The molecule has 2 rings (SSSR count). The summed E-state index contributed by atoms with van der Waals surface area (Å²) in [4.78, 5) is 27.2. The van der Waals surface area contributed by atoms with Crippen molar-refractivity contribution in [1.82, 2.24) is 10.3 Å². The number of carbonyl (C=O) groups is 2. The van der Waals surface area contributed by atoms with E-state index in [-0.39, 0.29) is 5.91 Å². The number of aliphatic carboxylic acids is 1. The van der Waals surface area contributed by atoms with Gasteiger partial charge in [-0.25, -0.2) is 4.79 Å². The topological polar surface area (TPSA) is 79.3 Å². The van der Waals surface area contributed by atoms with Crippen LogP contribution in [-0.2, 0) is 11.3 Å². The van der Waals surface area contributed by atoms with Crippen LogP contribution in [0.25, 0.3) is 6.08 Å². The lowest BCUT2D eigenvalue weighted by molar-refractivity contribution is -0.131. The summed E-state index contributed by atoms with van der Waals surface area (Å²) in [5, 5.41) is 13.1. The smallest absolute Gasteiger partial charge is 0.328 e. The van der Waals surface area contributed by atoms with E-state index in [0.717, 1.165) is 22.1 Å². The average molecular weight is 302 g/mol. The Hall–Kier alpha value is -2.47. The number of hydrogen-bond donors (Lipinski definition) is 2. The molecule has 2 N–H and O–H groups in total. The summed E-state index contributed by atoms with van der Waals surface area (Å²) in [7, 11) is 0. The quantitative estimate of drug-likeness (QED) is 0.832. The minimum Gasteiger partial charge on any atom is -0.478 e. The fourth-order valence-electron chi connectivity index (χ4n) is 1.69. The number of rotatable bonds is 5. The number of carboxylic acid groups (broad SMARTS) is 1. The second-order valence-electron chi connectivity index (χ2n) is 4.39. The van der Waals surface area contributed by atoms with Gasteiger partial charge in [-0.15, -0.1) is 11.3 Å². The second kappa shape index (κ2) is 6.81. The largest absolute Gasteiger partial charge is 0.478 e. The van der Waals surface area contributed by atoms with Crippen molar-refractivity contribution < 1.29 is 14.7 Å². The molecule has 108 valence electrons. The van der Waals surface area contributed by atoms with E-state index >= 15 is 0 Å². The molecule has 0 saturated carbocycles. The molecule has 0 spiro atoms. The fourth-order valence-corrected chi connectivity index (χ4v) is 2.47. The van der Waals surface area contributed by atoms with E-state index in [0.29, 0.717) is 12.1 Å². The first kappa shape index (κ1) is 14.9. The first-order chi connectivity index (χ1) is 10.1. The minimum absolute atomic E-state index is 0.183. The molecular weight excluding hydrogens is 288 g/mol. The van der Waals surface area contributed by atoms with Crippen LogP contribution in [0, 0.1) is 6.92 Å². The molecule has 0 bridgehead atoms. The molecule has 5 nitrogen and oxygen atoms in total. The lowest BCUT2D eigenvalue weighted by Gasteiger charge is -2.06. The summed E-state index contributed by atoms with van der Waals surface area (Å²) in [5.41, 5.74) is 2.56. The van der Waals surface area contributed by atoms with Gasteiger partial charge in [-0.3, -0.25) is 9.78 Å². The van der Waals surface area contributed by atoms with E-state index in [1.807, 2.05) is 13.0 Å². The minimum atomic E-state index is -1.01. The Morgan fingerprint density at radius 1 is 1.48 bits per heavy atom. The predicted octanol–water partition coefficient (Wildman–Crippen LogP) is 2.48. The van der Waals surface area contributed by atoms with E-state index in [1.54, 1.807) is 23.8 Å². The zero-order chi connectivity index (χ0) is 15.2. The first-order valence-electron chi connectivity index (χ1n) is 6.23. The number of thiophene rings is 1. The Morgan fingerprint density at radius 2 is 2.29 bits per heavy atom. The molecule has 0 aliphatic heterocycles. The zero-order valence-corrected chi connectivity index (χ0v) is 12.2. The van der Waals surface area contributed by atoms with Gasteiger partial charge in [0.05, 0.1) is 5.56 Å². The van der Waals surface area contributed by atoms with Crippen LogP contribution in [0.3, 0.4) is 0 Å². The van der Waals surface area contributed by atoms with Gasteiger partial charge < -0.3 is 10.4 Å². The summed E-state index contributed by atoms with van der Waals surface area (Å²) in [5.74, 6) is -1.19. The Labute approximate surface area is 126 Å². The summed E-state index contributed by atoms with van der Waals surface area (Å²) < 4.78 is 0. The van der Waals surface area contributed by atoms with E-state index in [4.69, 9.17) is 5.11 Å². The zero-order valence-electron chi connectivity index (χ0n) is 11.4. The standard InChI is InChI=1S/C15H14N2O3S/c1-10-7-16-5-4-11(10)8-17-15(20)12-6-13(21-9-12)2-3-14(18)19/h2-7,9H,8H2,1H3,(H,17,20)(H,18,19)/b3-2+. The van der Waals surface area contributed by atoms with Crippen molar-refractivity contribution >= 4 is 29.3 Å². The van der Waals surface area contributed by atoms with Gasteiger partial charge >= 0.3 is 5.97 Å². The van der Waals surface area contributed by atoms with Gasteiger partial charge in [-0.1, -0.05) is 0 Å². The molecule has 0 unspecified atom stereocenters. The van der Waals surface area contributed by atoms with Crippen molar-refractivity contribution in [2.45, 2.75) is 13.5 Å². The first-order valence-corrected chi connectivity index (χ1v) is 7.11. The van der Waals surface area contributed by atoms with Gasteiger partial charge in [0.25, 0.3) is 5.91 Å². The van der Waals surface area contributed by atoms with Crippen molar-refractivity contribution in [3.8, 4) is 0 Å². The summed E-state index contributed by atoms with van der Waals surface area (Å²) in [6.45, 7) is 2.37. The third-order valence-electron chi connectivity index (χ3n) is 2.85. The Balaban J connectivity index is 1.98. The number of aryl methyl sites for hydroxylation is 1.